The summed E-state index contributed by atoms with van der Waals surface area (Å²) in [4.78, 5) is 5.45. The van der Waals surface area contributed by atoms with Crippen molar-refractivity contribution in [2.45, 2.75) is 64.8 Å². The summed E-state index contributed by atoms with van der Waals surface area (Å²) in [7, 11) is 0. The van der Waals surface area contributed by atoms with E-state index >= 15 is 0 Å². The molecule has 2 aliphatic rings. The van der Waals surface area contributed by atoms with Crippen LogP contribution in [0.15, 0.2) is 0 Å². The van der Waals surface area contributed by atoms with E-state index in [0.29, 0.717) is 0 Å². The van der Waals surface area contributed by atoms with E-state index in [1.807, 2.05) is 0 Å². The Morgan fingerprint density at radius 2 is 1.61 bits per heavy atom. The van der Waals surface area contributed by atoms with Crippen LogP contribution in [-0.4, -0.2) is 48.6 Å². The lowest BCUT2D eigenvalue weighted by atomic mass is 10.0. The number of nitrogens with zero attached hydrogens (tertiary/aromatic N) is 2. The van der Waals surface area contributed by atoms with Crippen molar-refractivity contribution in [3.05, 3.63) is 0 Å². The molecule has 0 atom stereocenters. The molecule has 2 rings (SSSR count). The van der Waals surface area contributed by atoms with E-state index in [1.165, 1.54) is 77.7 Å². The van der Waals surface area contributed by atoms with Crippen LogP contribution in [0.1, 0.15) is 58.8 Å². The van der Waals surface area contributed by atoms with E-state index in [0.717, 1.165) is 12.0 Å². The number of likely N-dealkylation sites (tertiary alicyclic amines) is 2. The molecule has 0 saturated carbocycles. The average molecular weight is 252 g/mol. The monoisotopic (exact) mass is 252 g/mol. The highest BCUT2D eigenvalue weighted by Gasteiger charge is 2.25. The minimum absolute atomic E-state index is 0.880. The van der Waals surface area contributed by atoms with Crippen LogP contribution >= 0.6 is 0 Å². The van der Waals surface area contributed by atoms with Crippen molar-refractivity contribution in [2.24, 2.45) is 5.92 Å². The molecule has 2 heterocycles. The van der Waals surface area contributed by atoms with Gasteiger partial charge >= 0.3 is 0 Å². The molecule has 2 aliphatic heterocycles. The summed E-state index contributed by atoms with van der Waals surface area (Å²) in [6.07, 6.45) is 9.96. The third kappa shape index (κ3) is 4.55. The molecule has 0 aliphatic carbocycles. The summed E-state index contributed by atoms with van der Waals surface area (Å²) in [6.45, 7) is 11.5. The van der Waals surface area contributed by atoms with Crippen molar-refractivity contribution in [2.75, 3.05) is 32.7 Å². The average Bonchev–Trinajstić information content (AvgIpc) is 2.89. The first-order chi connectivity index (χ1) is 8.75. The fourth-order valence-electron chi connectivity index (χ4n) is 3.50. The van der Waals surface area contributed by atoms with E-state index in [2.05, 4.69) is 23.6 Å². The zero-order valence-electron chi connectivity index (χ0n) is 12.5. The quantitative estimate of drug-likeness (QED) is 0.669. The molecule has 2 nitrogen and oxygen atoms in total. The molecule has 0 aromatic heterocycles. The maximum absolute atomic E-state index is 2.75. The van der Waals surface area contributed by atoms with Gasteiger partial charge in [-0.2, -0.15) is 0 Å². The summed E-state index contributed by atoms with van der Waals surface area (Å²) in [5.74, 6) is 0.880. The van der Waals surface area contributed by atoms with Crippen LogP contribution < -0.4 is 0 Å². The lowest BCUT2D eigenvalue weighted by Crippen LogP contribution is -2.44. The van der Waals surface area contributed by atoms with Crippen molar-refractivity contribution in [1.29, 1.82) is 0 Å². The molecule has 0 spiro atoms. The van der Waals surface area contributed by atoms with Crippen molar-refractivity contribution < 1.29 is 0 Å². The van der Waals surface area contributed by atoms with Crippen LogP contribution in [0.25, 0.3) is 0 Å². The maximum Gasteiger partial charge on any atom is 0.0120 e. The molecule has 2 saturated heterocycles. The van der Waals surface area contributed by atoms with Gasteiger partial charge in [-0.3, -0.25) is 0 Å². The van der Waals surface area contributed by atoms with E-state index < -0.39 is 0 Å². The van der Waals surface area contributed by atoms with Gasteiger partial charge in [-0.05, 0) is 70.7 Å². The van der Waals surface area contributed by atoms with Gasteiger partial charge in [0.25, 0.3) is 0 Å². The Morgan fingerprint density at radius 3 is 2.22 bits per heavy atom. The maximum atomic E-state index is 2.75. The van der Waals surface area contributed by atoms with Gasteiger partial charge in [0, 0.05) is 6.04 Å². The molecule has 0 aromatic rings. The predicted octanol–water partition coefficient (Wildman–Crippen LogP) is 3.37. The van der Waals surface area contributed by atoms with Crippen molar-refractivity contribution >= 4 is 0 Å². The molecule has 0 amide bonds. The fraction of sp³-hybridized carbons (Fsp3) is 1.00. The normalized spacial score (nSPS) is 24.2. The molecule has 18 heavy (non-hydrogen) atoms. The van der Waals surface area contributed by atoms with Gasteiger partial charge < -0.3 is 9.80 Å². The Balaban J connectivity index is 1.55. The van der Waals surface area contributed by atoms with E-state index in [-0.39, 0.29) is 0 Å². The molecule has 0 N–H and O–H groups in total. The number of piperidine rings is 1. The number of unbranched alkanes of at least 4 members (excludes halogenated alkanes) is 1. The number of rotatable bonds is 6. The zero-order valence-corrected chi connectivity index (χ0v) is 12.5. The van der Waals surface area contributed by atoms with Crippen LogP contribution in [0.3, 0.4) is 0 Å². The van der Waals surface area contributed by atoms with E-state index in [1.54, 1.807) is 0 Å². The molecular formula is C16H32N2. The summed E-state index contributed by atoms with van der Waals surface area (Å²) in [5.41, 5.74) is 0. The second kappa shape index (κ2) is 7.49. The summed E-state index contributed by atoms with van der Waals surface area (Å²) in [6, 6.07) is 0.916. The second-order valence-corrected chi connectivity index (χ2v) is 6.71. The molecule has 2 heteroatoms. The van der Waals surface area contributed by atoms with Gasteiger partial charge in [-0.25, -0.2) is 0 Å². The Morgan fingerprint density at radius 1 is 0.944 bits per heavy atom. The molecule has 0 bridgehead atoms. The molecule has 0 aromatic carbocycles. The van der Waals surface area contributed by atoms with Crippen molar-refractivity contribution in [3.63, 3.8) is 0 Å². The van der Waals surface area contributed by atoms with Crippen LogP contribution in [-0.2, 0) is 0 Å². The Hall–Kier alpha value is -0.0800. The third-order valence-corrected chi connectivity index (χ3v) is 4.72. The lowest BCUT2D eigenvalue weighted by molar-refractivity contribution is 0.125. The van der Waals surface area contributed by atoms with Gasteiger partial charge in [0.2, 0.25) is 0 Å². The lowest BCUT2D eigenvalue weighted by Gasteiger charge is -2.36. The van der Waals surface area contributed by atoms with Gasteiger partial charge in [0.1, 0.15) is 0 Å². The zero-order chi connectivity index (χ0) is 12.8. The van der Waals surface area contributed by atoms with Crippen LogP contribution in [0.4, 0.5) is 0 Å². The summed E-state index contributed by atoms with van der Waals surface area (Å²) < 4.78 is 0. The first-order valence-electron chi connectivity index (χ1n) is 8.22. The molecule has 0 radical (unpaired) electrons. The third-order valence-electron chi connectivity index (χ3n) is 4.72. The first-order valence-corrected chi connectivity index (χ1v) is 8.22. The molecule has 0 unspecified atom stereocenters. The van der Waals surface area contributed by atoms with Gasteiger partial charge in [0.15, 0.2) is 0 Å². The van der Waals surface area contributed by atoms with E-state index in [9.17, 15) is 0 Å². The predicted molar refractivity (Wildman–Crippen MR) is 79.0 cm³/mol. The molecule has 106 valence electrons. The SMILES string of the molecule is CC(C)CCCCN1CCC(N2CCCC2)CC1. The summed E-state index contributed by atoms with van der Waals surface area (Å²) >= 11 is 0. The number of hydrogen-bond donors (Lipinski definition) is 0. The highest BCUT2D eigenvalue weighted by atomic mass is 15.2. The van der Waals surface area contributed by atoms with E-state index in [4.69, 9.17) is 0 Å². The molecule has 2 fully saturated rings. The minimum atomic E-state index is 0.880. The van der Waals surface area contributed by atoms with Crippen LogP contribution in [0.5, 0.6) is 0 Å². The Labute approximate surface area is 114 Å². The second-order valence-electron chi connectivity index (χ2n) is 6.71. The van der Waals surface area contributed by atoms with Gasteiger partial charge in [-0.1, -0.05) is 26.7 Å². The standard InChI is InChI=1S/C16H32N2/c1-15(2)7-3-4-10-17-13-8-16(9-14-17)18-11-5-6-12-18/h15-16H,3-14H2,1-2H3. The van der Waals surface area contributed by atoms with Crippen molar-refractivity contribution in [3.8, 4) is 0 Å². The Bertz CT molecular complexity index is 213. The van der Waals surface area contributed by atoms with Crippen LogP contribution in [0.2, 0.25) is 0 Å². The van der Waals surface area contributed by atoms with Crippen LogP contribution in [0, 0.1) is 5.92 Å². The van der Waals surface area contributed by atoms with Gasteiger partial charge in [-0.15, -0.1) is 0 Å². The van der Waals surface area contributed by atoms with Gasteiger partial charge in [0.05, 0.1) is 0 Å². The van der Waals surface area contributed by atoms with Crippen molar-refractivity contribution in [1.82, 2.24) is 9.80 Å². The topological polar surface area (TPSA) is 6.48 Å². The highest BCUT2D eigenvalue weighted by molar-refractivity contribution is 4.82. The molecular weight excluding hydrogens is 220 g/mol. The Kier molecular flexibility index (Phi) is 5.97. The smallest absolute Gasteiger partial charge is 0.0120 e. The fourth-order valence-corrected chi connectivity index (χ4v) is 3.50. The number of hydrogen-bond acceptors (Lipinski definition) is 2. The summed E-state index contributed by atoms with van der Waals surface area (Å²) in [5, 5.41) is 0. The first kappa shape index (κ1) is 14.3. The largest absolute Gasteiger partial charge is 0.303 e. The minimum Gasteiger partial charge on any atom is -0.303 e. The highest BCUT2D eigenvalue weighted by Crippen LogP contribution is 2.21.